The van der Waals surface area contributed by atoms with Crippen molar-refractivity contribution in [2.75, 3.05) is 0 Å². The number of benzene rings is 1. The monoisotopic (exact) mass is 374 g/mol. The number of alkyl halides is 1. The van der Waals surface area contributed by atoms with Crippen LogP contribution in [0.4, 0.5) is 4.39 Å². The predicted molar refractivity (Wildman–Crippen MR) is 90.5 cm³/mol. The third-order valence-corrected chi connectivity index (χ3v) is 4.58. The summed E-state index contributed by atoms with van der Waals surface area (Å²) in [5, 5.41) is -0.201. The number of imidazole rings is 1. The molecule has 116 valence electrons. The smallest absolute Gasteiger partial charge is 0.139 e. The van der Waals surface area contributed by atoms with Crippen molar-refractivity contribution in [3.63, 3.8) is 0 Å². The molecule has 2 rings (SSSR count). The van der Waals surface area contributed by atoms with E-state index in [0.717, 1.165) is 17.8 Å². The third-order valence-electron chi connectivity index (χ3n) is 3.78. The Hall–Kier alpha value is -0.610. The van der Waals surface area contributed by atoms with Gasteiger partial charge in [-0.2, -0.15) is 0 Å². The fraction of sp³-hybridized carbons (Fsp3) is 0.562. The van der Waals surface area contributed by atoms with Crippen LogP contribution in [0.25, 0.3) is 11.0 Å². The average molecular weight is 376 g/mol. The predicted octanol–water partition coefficient (Wildman–Crippen LogP) is 6.38. The van der Waals surface area contributed by atoms with Crippen LogP contribution in [0.2, 0.25) is 0 Å². The first kappa shape index (κ1) is 16.8. The van der Waals surface area contributed by atoms with E-state index in [2.05, 4.69) is 39.3 Å². The van der Waals surface area contributed by atoms with Crippen molar-refractivity contribution < 1.29 is 4.39 Å². The quantitative estimate of drug-likeness (QED) is 0.423. The normalized spacial score (nSPS) is 14.6. The Morgan fingerprint density at radius 1 is 1.33 bits per heavy atom. The number of rotatable bonds is 6. The van der Waals surface area contributed by atoms with Crippen LogP contribution in [0.3, 0.4) is 0 Å². The zero-order chi connectivity index (χ0) is 15.6. The van der Waals surface area contributed by atoms with E-state index in [4.69, 9.17) is 11.6 Å². The average Bonchev–Trinajstić information content (AvgIpc) is 2.78. The first-order valence-electron chi connectivity index (χ1n) is 7.46. The van der Waals surface area contributed by atoms with Crippen molar-refractivity contribution in [1.29, 1.82) is 0 Å². The zero-order valence-corrected chi connectivity index (χ0v) is 15.0. The van der Waals surface area contributed by atoms with E-state index in [1.54, 1.807) is 6.07 Å². The highest BCUT2D eigenvalue weighted by Gasteiger charge is 2.20. The minimum atomic E-state index is -0.292. The summed E-state index contributed by atoms with van der Waals surface area (Å²) in [6.45, 7) is 6.28. The number of fused-ring (bicyclic) bond motifs is 1. The first-order valence-corrected chi connectivity index (χ1v) is 8.69. The molecule has 0 amide bonds. The van der Waals surface area contributed by atoms with Crippen LogP contribution < -0.4 is 0 Å². The number of hydrogen-bond donors (Lipinski definition) is 0. The van der Waals surface area contributed by atoms with Crippen LogP contribution >= 0.6 is 27.5 Å². The fourth-order valence-electron chi connectivity index (χ4n) is 2.67. The van der Waals surface area contributed by atoms with Crippen molar-refractivity contribution in [3.05, 3.63) is 28.2 Å². The van der Waals surface area contributed by atoms with Crippen molar-refractivity contribution in [2.24, 2.45) is 0 Å². The van der Waals surface area contributed by atoms with Crippen LogP contribution in [-0.2, 0) is 0 Å². The third kappa shape index (κ3) is 3.59. The molecule has 0 radical (unpaired) electrons. The SMILES string of the molecule is CCCCCC(C)n1c(C(C)Cl)nc2cc(F)c(Br)cc21. The molecule has 2 atom stereocenters. The van der Waals surface area contributed by atoms with E-state index in [-0.39, 0.29) is 11.2 Å². The molecule has 1 aromatic heterocycles. The van der Waals surface area contributed by atoms with Crippen LogP contribution in [0, 0.1) is 5.82 Å². The molecule has 0 N–H and O–H groups in total. The summed E-state index contributed by atoms with van der Waals surface area (Å²) in [5.74, 6) is 0.521. The van der Waals surface area contributed by atoms with Gasteiger partial charge in [-0.3, -0.25) is 0 Å². The van der Waals surface area contributed by atoms with Gasteiger partial charge in [0.25, 0.3) is 0 Å². The summed E-state index contributed by atoms with van der Waals surface area (Å²) >= 11 is 9.54. The lowest BCUT2D eigenvalue weighted by Crippen LogP contribution is -2.10. The van der Waals surface area contributed by atoms with Gasteiger partial charge in [0.15, 0.2) is 0 Å². The van der Waals surface area contributed by atoms with E-state index in [0.29, 0.717) is 16.0 Å². The van der Waals surface area contributed by atoms with Gasteiger partial charge in [-0.25, -0.2) is 9.37 Å². The molecule has 0 spiro atoms. The molecule has 0 aliphatic heterocycles. The van der Waals surface area contributed by atoms with Gasteiger partial charge in [0.1, 0.15) is 11.6 Å². The maximum Gasteiger partial charge on any atom is 0.139 e. The molecule has 2 unspecified atom stereocenters. The van der Waals surface area contributed by atoms with Gasteiger partial charge >= 0.3 is 0 Å². The second-order valence-corrected chi connectivity index (χ2v) is 7.06. The summed E-state index contributed by atoms with van der Waals surface area (Å²) in [5.41, 5.74) is 1.61. The summed E-state index contributed by atoms with van der Waals surface area (Å²) in [4.78, 5) is 4.53. The second-order valence-electron chi connectivity index (χ2n) is 5.56. The number of hydrogen-bond acceptors (Lipinski definition) is 1. The highest BCUT2D eigenvalue weighted by atomic mass is 79.9. The Balaban J connectivity index is 2.47. The summed E-state index contributed by atoms with van der Waals surface area (Å²) in [6.07, 6.45) is 4.68. The fourth-order valence-corrected chi connectivity index (χ4v) is 3.16. The van der Waals surface area contributed by atoms with Gasteiger partial charge < -0.3 is 4.57 Å². The minimum Gasteiger partial charge on any atom is -0.324 e. The molecule has 1 heterocycles. The molecule has 1 aromatic carbocycles. The standard InChI is InChI=1S/C16H21BrClFN2/c1-4-5-6-7-10(2)21-15-8-12(17)13(19)9-14(15)20-16(21)11(3)18/h8-11H,4-7H2,1-3H3. The molecule has 0 bridgehead atoms. The van der Waals surface area contributed by atoms with Crippen LogP contribution in [0.1, 0.15) is 63.7 Å². The van der Waals surface area contributed by atoms with Gasteiger partial charge in [-0.1, -0.05) is 26.2 Å². The Bertz CT molecular complexity index is 624. The topological polar surface area (TPSA) is 17.8 Å². The lowest BCUT2D eigenvalue weighted by atomic mass is 10.1. The van der Waals surface area contributed by atoms with Crippen LogP contribution in [-0.4, -0.2) is 9.55 Å². The van der Waals surface area contributed by atoms with E-state index >= 15 is 0 Å². The number of unbranched alkanes of at least 4 members (excludes halogenated alkanes) is 2. The highest BCUT2D eigenvalue weighted by molar-refractivity contribution is 9.10. The van der Waals surface area contributed by atoms with Crippen LogP contribution in [0.5, 0.6) is 0 Å². The van der Waals surface area contributed by atoms with Gasteiger partial charge in [0.05, 0.1) is 20.9 Å². The summed E-state index contributed by atoms with van der Waals surface area (Å²) in [6, 6.07) is 3.57. The molecule has 0 fully saturated rings. The van der Waals surface area contributed by atoms with Crippen molar-refractivity contribution >= 4 is 38.6 Å². The summed E-state index contributed by atoms with van der Waals surface area (Å²) < 4.78 is 16.3. The molecule has 0 saturated heterocycles. The second kappa shape index (κ2) is 7.10. The maximum atomic E-state index is 13.7. The summed E-state index contributed by atoms with van der Waals surface area (Å²) in [7, 11) is 0. The molecule has 5 heteroatoms. The molecular formula is C16H21BrClFN2. The van der Waals surface area contributed by atoms with Gasteiger partial charge in [-0.15, -0.1) is 11.6 Å². The van der Waals surface area contributed by atoms with Gasteiger partial charge in [0, 0.05) is 12.1 Å². The Morgan fingerprint density at radius 3 is 2.67 bits per heavy atom. The molecule has 2 nitrogen and oxygen atoms in total. The highest BCUT2D eigenvalue weighted by Crippen LogP contribution is 2.32. The number of halogens is 3. The van der Waals surface area contributed by atoms with Crippen LogP contribution in [0.15, 0.2) is 16.6 Å². The maximum absolute atomic E-state index is 13.7. The molecule has 0 saturated carbocycles. The Morgan fingerprint density at radius 2 is 2.05 bits per heavy atom. The molecular weight excluding hydrogens is 355 g/mol. The van der Waals surface area contributed by atoms with E-state index in [9.17, 15) is 4.39 Å². The molecule has 0 aliphatic carbocycles. The van der Waals surface area contributed by atoms with E-state index < -0.39 is 0 Å². The van der Waals surface area contributed by atoms with E-state index in [1.165, 1.54) is 25.3 Å². The van der Waals surface area contributed by atoms with Crippen molar-refractivity contribution in [2.45, 2.75) is 57.9 Å². The minimum absolute atomic E-state index is 0.201. The zero-order valence-electron chi connectivity index (χ0n) is 12.7. The lowest BCUT2D eigenvalue weighted by molar-refractivity contribution is 0.472. The van der Waals surface area contributed by atoms with Crippen molar-refractivity contribution in [1.82, 2.24) is 9.55 Å². The molecule has 2 aromatic rings. The Labute approximate surface area is 138 Å². The Kier molecular flexibility index (Phi) is 5.67. The number of nitrogens with zero attached hydrogens (tertiary/aromatic N) is 2. The first-order chi connectivity index (χ1) is 9.95. The molecule has 21 heavy (non-hydrogen) atoms. The van der Waals surface area contributed by atoms with Gasteiger partial charge in [-0.05, 0) is 42.3 Å². The lowest BCUT2D eigenvalue weighted by Gasteiger charge is -2.18. The van der Waals surface area contributed by atoms with Gasteiger partial charge in [0.2, 0.25) is 0 Å². The number of aromatic nitrogens is 2. The molecule has 0 aliphatic rings. The largest absolute Gasteiger partial charge is 0.324 e. The van der Waals surface area contributed by atoms with Crippen molar-refractivity contribution in [3.8, 4) is 0 Å². The van der Waals surface area contributed by atoms with E-state index in [1.807, 2.05) is 6.92 Å².